The molecule has 2 aliphatic heterocycles. The summed E-state index contributed by atoms with van der Waals surface area (Å²) in [4.78, 5) is 2.31. The molecular weight excluding hydrogens is 256 g/mol. The van der Waals surface area contributed by atoms with Gasteiger partial charge in [-0.1, -0.05) is 6.07 Å². The number of rotatable bonds is 3. The molecule has 0 radical (unpaired) electrons. The van der Waals surface area contributed by atoms with Crippen molar-refractivity contribution in [2.24, 2.45) is 11.5 Å². The van der Waals surface area contributed by atoms with Crippen LogP contribution < -0.4 is 31.2 Å². The number of benzene rings is 1. The maximum absolute atomic E-state index is 5.85. The van der Waals surface area contributed by atoms with Gasteiger partial charge in [-0.2, -0.15) is 0 Å². The molecule has 0 bridgehead atoms. The van der Waals surface area contributed by atoms with E-state index in [0.29, 0.717) is 32.3 Å². The van der Waals surface area contributed by atoms with Crippen molar-refractivity contribution in [2.75, 3.05) is 44.3 Å². The van der Waals surface area contributed by atoms with Crippen LogP contribution >= 0.6 is 0 Å². The van der Waals surface area contributed by atoms with E-state index in [4.69, 9.17) is 20.9 Å². The minimum absolute atomic E-state index is 0.318. The van der Waals surface area contributed by atoms with Crippen molar-refractivity contribution in [1.82, 2.24) is 5.32 Å². The number of nitrogens with zero attached hydrogens (tertiary/aromatic N) is 1. The van der Waals surface area contributed by atoms with Crippen molar-refractivity contribution in [2.45, 2.75) is 12.6 Å². The molecule has 0 aliphatic carbocycles. The molecule has 6 heteroatoms. The third kappa shape index (κ3) is 2.42. The van der Waals surface area contributed by atoms with Crippen LogP contribution in [0.3, 0.4) is 0 Å². The van der Waals surface area contributed by atoms with E-state index in [1.54, 1.807) is 0 Å². The average Bonchev–Trinajstić information content (AvgIpc) is 2.54. The summed E-state index contributed by atoms with van der Waals surface area (Å²) in [6.45, 7) is 5.01. The SMILES string of the molecule is NCc1ccc(N2CCNC(CN)C2)c2c1OCCO2. The largest absolute Gasteiger partial charge is 0.486 e. The Kier molecular flexibility index (Phi) is 3.95. The van der Waals surface area contributed by atoms with Crippen molar-refractivity contribution in [3.63, 3.8) is 0 Å². The number of hydrogen-bond acceptors (Lipinski definition) is 6. The first-order valence-electron chi connectivity index (χ1n) is 7.13. The molecular formula is C14H22N4O2. The summed E-state index contributed by atoms with van der Waals surface area (Å²) in [6, 6.07) is 4.43. The molecule has 1 aromatic carbocycles. The molecule has 1 atom stereocenters. The first kappa shape index (κ1) is 13.5. The van der Waals surface area contributed by atoms with E-state index >= 15 is 0 Å². The summed E-state index contributed by atoms with van der Waals surface area (Å²) in [7, 11) is 0. The quantitative estimate of drug-likeness (QED) is 0.701. The van der Waals surface area contributed by atoms with Crippen LogP contribution in [0.5, 0.6) is 11.5 Å². The number of hydrogen-bond donors (Lipinski definition) is 3. The van der Waals surface area contributed by atoms with E-state index in [0.717, 1.165) is 42.4 Å². The summed E-state index contributed by atoms with van der Waals surface area (Å²) < 4.78 is 11.6. The minimum atomic E-state index is 0.318. The van der Waals surface area contributed by atoms with Gasteiger partial charge >= 0.3 is 0 Å². The van der Waals surface area contributed by atoms with Gasteiger partial charge in [-0.3, -0.25) is 0 Å². The first-order valence-corrected chi connectivity index (χ1v) is 7.13. The number of nitrogens with two attached hydrogens (primary N) is 2. The minimum Gasteiger partial charge on any atom is -0.486 e. The Labute approximate surface area is 119 Å². The molecule has 3 rings (SSSR count). The number of piperazine rings is 1. The molecule has 1 unspecified atom stereocenters. The van der Waals surface area contributed by atoms with Gasteiger partial charge in [0.1, 0.15) is 13.2 Å². The number of ether oxygens (including phenoxy) is 2. The lowest BCUT2D eigenvalue weighted by molar-refractivity contribution is 0.170. The summed E-state index contributed by atoms with van der Waals surface area (Å²) in [6.07, 6.45) is 0. The second kappa shape index (κ2) is 5.87. The summed E-state index contributed by atoms with van der Waals surface area (Å²) in [5.41, 5.74) is 13.6. The molecule has 2 aliphatic rings. The van der Waals surface area contributed by atoms with Crippen molar-refractivity contribution in [3.05, 3.63) is 17.7 Å². The summed E-state index contributed by atoms with van der Waals surface area (Å²) in [5.74, 6) is 1.64. The lowest BCUT2D eigenvalue weighted by atomic mass is 10.1. The van der Waals surface area contributed by atoms with Crippen LogP contribution in [0, 0.1) is 0 Å². The maximum Gasteiger partial charge on any atom is 0.184 e. The number of nitrogens with one attached hydrogen (secondary N) is 1. The fourth-order valence-electron chi connectivity index (χ4n) is 2.79. The highest BCUT2D eigenvalue weighted by molar-refractivity contribution is 5.68. The average molecular weight is 278 g/mol. The number of anilines is 1. The lowest BCUT2D eigenvalue weighted by Crippen LogP contribution is -2.53. The van der Waals surface area contributed by atoms with Gasteiger partial charge in [0.15, 0.2) is 11.5 Å². The highest BCUT2D eigenvalue weighted by Gasteiger charge is 2.26. The zero-order valence-corrected chi connectivity index (χ0v) is 11.6. The Morgan fingerprint density at radius 3 is 2.75 bits per heavy atom. The third-order valence-electron chi connectivity index (χ3n) is 3.85. The highest BCUT2D eigenvalue weighted by atomic mass is 16.6. The second-order valence-corrected chi connectivity index (χ2v) is 5.14. The molecule has 2 heterocycles. The maximum atomic E-state index is 5.85. The van der Waals surface area contributed by atoms with Crippen LogP contribution in [-0.4, -0.2) is 45.4 Å². The van der Waals surface area contributed by atoms with Crippen molar-refractivity contribution in [1.29, 1.82) is 0 Å². The molecule has 0 spiro atoms. The van der Waals surface area contributed by atoms with Gasteiger partial charge in [-0.15, -0.1) is 0 Å². The molecule has 0 saturated carbocycles. The Morgan fingerprint density at radius 1 is 1.20 bits per heavy atom. The normalized spacial score (nSPS) is 21.9. The predicted molar refractivity (Wildman–Crippen MR) is 78.4 cm³/mol. The van der Waals surface area contributed by atoms with Gasteiger partial charge in [-0.05, 0) is 6.07 Å². The highest BCUT2D eigenvalue weighted by Crippen LogP contribution is 2.42. The monoisotopic (exact) mass is 278 g/mol. The van der Waals surface area contributed by atoms with Gasteiger partial charge in [0.25, 0.3) is 0 Å². The van der Waals surface area contributed by atoms with Crippen LogP contribution in [0.25, 0.3) is 0 Å². The zero-order chi connectivity index (χ0) is 13.9. The fraction of sp³-hybridized carbons (Fsp3) is 0.571. The van der Waals surface area contributed by atoms with Gasteiger partial charge in [0.2, 0.25) is 0 Å². The van der Waals surface area contributed by atoms with Crippen molar-refractivity contribution < 1.29 is 9.47 Å². The smallest absolute Gasteiger partial charge is 0.184 e. The van der Waals surface area contributed by atoms with E-state index in [-0.39, 0.29) is 0 Å². The Morgan fingerprint density at radius 2 is 2.00 bits per heavy atom. The summed E-state index contributed by atoms with van der Waals surface area (Å²) >= 11 is 0. The van der Waals surface area contributed by atoms with Crippen LogP contribution in [0.15, 0.2) is 12.1 Å². The molecule has 1 fully saturated rings. The molecule has 1 aromatic rings. The van der Waals surface area contributed by atoms with Crippen molar-refractivity contribution in [3.8, 4) is 11.5 Å². The molecule has 6 nitrogen and oxygen atoms in total. The molecule has 110 valence electrons. The molecule has 0 aromatic heterocycles. The lowest BCUT2D eigenvalue weighted by Gasteiger charge is -2.36. The third-order valence-corrected chi connectivity index (χ3v) is 3.85. The van der Waals surface area contributed by atoms with Crippen LogP contribution in [0.4, 0.5) is 5.69 Å². The van der Waals surface area contributed by atoms with Crippen LogP contribution in [0.2, 0.25) is 0 Å². The fourth-order valence-corrected chi connectivity index (χ4v) is 2.79. The van der Waals surface area contributed by atoms with Crippen LogP contribution in [-0.2, 0) is 6.54 Å². The molecule has 1 saturated heterocycles. The second-order valence-electron chi connectivity index (χ2n) is 5.14. The van der Waals surface area contributed by atoms with Gasteiger partial charge in [-0.25, -0.2) is 0 Å². The Bertz CT molecular complexity index is 480. The number of fused-ring (bicyclic) bond motifs is 1. The molecule has 20 heavy (non-hydrogen) atoms. The summed E-state index contributed by atoms with van der Waals surface area (Å²) in [5, 5.41) is 3.41. The van der Waals surface area contributed by atoms with E-state index < -0.39 is 0 Å². The Hall–Kier alpha value is -1.50. The van der Waals surface area contributed by atoms with Crippen molar-refractivity contribution >= 4 is 5.69 Å². The standard InChI is InChI=1S/C14H22N4O2/c15-7-10-1-2-12(14-13(10)19-5-6-20-14)18-4-3-17-11(8-16)9-18/h1-2,11,17H,3-9,15-16H2. The van der Waals surface area contributed by atoms with Gasteiger partial charge in [0.05, 0.1) is 5.69 Å². The van der Waals surface area contributed by atoms with E-state index in [1.165, 1.54) is 0 Å². The molecule has 5 N–H and O–H groups in total. The van der Waals surface area contributed by atoms with Crippen LogP contribution in [0.1, 0.15) is 5.56 Å². The van der Waals surface area contributed by atoms with E-state index in [2.05, 4.69) is 16.3 Å². The first-order chi connectivity index (χ1) is 9.83. The predicted octanol–water partition coefficient (Wildman–Crippen LogP) is -0.347. The van der Waals surface area contributed by atoms with E-state index in [9.17, 15) is 0 Å². The van der Waals surface area contributed by atoms with Gasteiger partial charge < -0.3 is 31.2 Å². The zero-order valence-electron chi connectivity index (χ0n) is 11.6. The van der Waals surface area contributed by atoms with E-state index in [1.807, 2.05) is 6.07 Å². The molecule has 0 amide bonds. The topological polar surface area (TPSA) is 85.8 Å². The van der Waals surface area contributed by atoms with Gasteiger partial charge in [0, 0.05) is 44.3 Å². The Balaban J connectivity index is 1.93.